The average Bonchev–Trinajstić information content (AvgIpc) is 2.53. The number of nitrogens with zero attached hydrogens (tertiary/aromatic N) is 1. The van der Waals surface area contributed by atoms with E-state index in [1.807, 2.05) is 6.07 Å². The van der Waals surface area contributed by atoms with Crippen molar-refractivity contribution in [3.8, 4) is 6.07 Å². The van der Waals surface area contributed by atoms with Crippen LogP contribution in [0.3, 0.4) is 0 Å². The largest absolute Gasteiger partial charge is 0.325 e. The van der Waals surface area contributed by atoms with Gasteiger partial charge in [-0.25, -0.2) is 8.42 Å². The summed E-state index contributed by atoms with van der Waals surface area (Å²) in [4.78, 5) is 12.1. The van der Waals surface area contributed by atoms with Gasteiger partial charge in [-0.1, -0.05) is 24.3 Å². The Morgan fingerprint density at radius 2 is 1.78 bits per heavy atom. The minimum atomic E-state index is -3.40. The smallest absolute Gasteiger partial charge is 0.224 e. The monoisotopic (exact) mass is 328 g/mol. The number of sulfone groups is 1. The van der Waals surface area contributed by atoms with Crippen molar-refractivity contribution in [3.05, 3.63) is 59.7 Å². The fourth-order valence-corrected chi connectivity index (χ4v) is 2.95. The quantitative estimate of drug-likeness (QED) is 0.913. The van der Waals surface area contributed by atoms with E-state index in [-0.39, 0.29) is 17.2 Å². The first-order chi connectivity index (χ1) is 10.9. The molecule has 1 N–H and O–H groups in total. The zero-order chi connectivity index (χ0) is 16.9. The molecule has 0 heterocycles. The average molecular weight is 328 g/mol. The number of amides is 1. The van der Waals surface area contributed by atoms with E-state index < -0.39 is 9.84 Å². The minimum Gasteiger partial charge on any atom is -0.325 e. The third-order valence-corrected chi connectivity index (χ3v) is 4.44. The van der Waals surface area contributed by atoms with Crippen LogP contribution >= 0.6 is 0 Å². The molecule has 0 aliphatic heterocycles. The second-order valence-corrected chi connectivity index (χ2v) is 7.11. The number of carbonyl (C=O) groups is 1. The number of rotatable bonds is 5. The van der Waals surface area contributed by atoms with Crippen LogP contribution in [0.5, 0.6) is 0 Å². The summed E-state index contributed by atoms with van der Waals surface area (Å²) in [7, 11) is -3.40. The van der Waals surface area contributed by atoms with E-state index in [4.69, 9.17) is 5.26 Å². The molecule has 0 atom stereocenters. The lowest BCUT2D eigenvalue weighted by Gasteiger charge is -2.09. The first-order valence-electron chi connectivity index (χ1n) is 6.98. The van der Waals surface area contributed by atoms with E-state index in [1.165, 1.54) is 6.07 Å². The maximum atomic E-state index is 12.0. The highest BCUT2D eigenvalue weighted by atomic mass is 32.2. The predicted molar refractivity (Wildman–Crippen MR) is 87.7 cm³/mol. The molecule has 2 aromatic carbocycles. The molecule has 0 bridgehead atoms. The lowest BCUT2D eigenvalue weighted by Crippen LogP contribution is -2.14. The number of hydrogen-bond acceptors (Lipinski definition) is 4. The van der Waals surface area contributed by atoms with Crippen molar-refractivity contribution < 1.29 is 13.2 Å². The van der Waals surface area contributed by atoms with Gasteiger partial charge >= 0.3 is 0 Å². The molecule has 0 unspecified atom stereocenters. The summed E-state index contributed by atoms with van der Waals surface area (Å²) in [5.41, 5.74) is 1.80. The minimum absolute atomic E-state index is 0.103. The van der Waals surface area contributed by atoms with Crippen molar-refractivity contribution >= 4 is 21.4 Å². The first kappa shape index (κ1) is 16.7. The highest BCUT2D eigenvalue weighted by Crippen LogP contribution is 2.20. The number of nitrogens with one attached hydrogen (secondary N) is 1. The molecule has 0 saturated carbocycles. The Labute approximate surface area is 135 Å². The number of anilines is 1. The fourth-order valence-electron chi connectivity index (χ4n) is 2.11. The van der Waals surface area contributed by atoms with Gasteiger partial charge in [-0.15, -0.1) is 0 Å². The molecule has 0 aliphatic rings. The van der Waals surface area contributed by atoms with Crippen LogP contribution in [-0.4, -0.2) is 20.6 Å². The van der Waals surface area contributed by atoms with Gasteiger partial charge in [-0.3, -0.25) is 4.79 Å². The van der Waals surface area contributed by atoms with Gasteiger partial charge in [0.15, 0.2) is 9.84 Å². The van der Waals surface area contributed by atoms with E-state index >= 15 is 0 Å². The van der Waals surface area contributed by atoms with E-state index in [0.717, 1.165) is 11.8 Å². The van der Waals surface area contributed by atoms with E-state index in [0.29, 0.717) is 17.7 Å². The number of para-hydroxylation sites is 1. The molecule has 1 amide bonds. The van der Waals surface area contributed by atoms with Crippen LogP contribution in [0, 0.1) is 11.3 Å². The Bertz CT molecular complexity index is 850. The Morgan fingerprint density at radius 1 is 1.13 bits per heavy atom. The molecule has 0 spiro atoms. The van der Waals surface area contributed by atoms with Gasteiger partial charge in [0.1, 0.15) is 0 Å². The topological polar surface area (TPSA) is 87.0 Å². The summed E-state index contributed by atoms with van der Waals surface area (Å²) in [5, 5.41) is 11.4. The Hall–Kier alpha value is -2.65. The van der Waals surface area contributed by atoms with Gasteiger partial charge in [0.25, 0.3) is 0 Å². The third-order valence-electron chi connectivity index (χ3n) is 3.28. The molecule has 118 valence electrons. The van der Waals surface area contributed by atoms with Gasteiger partial charge in [0.05, 0.1) is 22.2 Å². The molecule has 0 aromatic heterocycles. The maximum Gasteiger partial charge on any atom is 0.224 e. The molecule has 0 saturated heterocycles. The molecule has 5 nitrogen and oxygen atoms in total. The van der Waals surface area contributed by atoms with Crippen molar-refractivity contribution in [1.29, 1.82) is 5.26 Å². The number of aryl methyl sites for hydroxylation is 1. The summed E-state index contributed by atoms with van der Waals surface area (Å²) < 4.78 is 23.4. The number of nitriles is 1. The van der Waals surface area contributed by atoms with Crippen LogP contribution in [-0.2, 0) is 21.1 Å². The van der Waals surface area contributed by atoms with E-state index in [2.05, 4.69) is 5.32 Å². The molecular weight excluding hydrogens is 312 g/mol. The van der Waals surface area contributed by atoms with Gasteiger partial charge < -0.3 is 5.32 Å². The number of benzene rings is 2. The summed E-state index contributed by atoms with van der Waals surface area (Å²) in [6.07, 6.45) is 1.84. The van der Waals surface area contributed by atoms with Crippen molar-refractivity contribution in [2.45, 2.75) is 17.7 Å². The lowest BCUT2D eigenvalue weighted by molar-refractivity contribution is -0.116. The summed E-state index contributed by atoms with van der Waals surface area (Å²) in [5.74, 6) is -0.259. The molecule has 0 fully saturated rings. The van der Waals surface area contributed by atoms with E-state index in [9.17, 15) is 13.2 Å². The van der Waals surface area contributed by atoms with Crippen LogP contribution in [0.25, 0.3) is 0 Å². The second kappa shape index (κ2) is 7.07. The number of hydrogen-bond donors (Lipinski definition) is 1. The molecule has 23 heavy (non-hydrogen) atoms. The Balaban J connectivity index is 2.02. The van der Waals surface area contributed by atoms with Crippen molar-refractivity contribution in [1.82, 2.24) is 0 Å². The molecule has 2 rings (SSSR count). The zero-order valence-corrected chi connectivity index (χ0v) is 13.4. The summed E-state index contributed by atoms with van der Waals surface area (Å²) >= 11 is 0. The molecule has 0 radical (unpaired) electrons. The second-order valence-electron chi connectivity index (χ2n) is 5.13. The van der Waals surface area contributed by atoms with Crippen molar-refractivity contribution in [2.24, 2.45) is 0 Å². The van der Waals surface area contributed by atoms with Crippen LogP contribution in [0.15, 0.2) is 53.4 Å². The zero-order valence-electron chi connectivity index (χ0n) is 12.6. The lowest BCUT2D eigenvalue weighted by atomic mass is 10.1. The highest BCUT2D eigenvalue weighted by molar-refractivity contribution is 7.90. The normalized spacial score (nSPS) is 10.8. The van der Waals surface area contributed by atoms with Crippen LogP contribution < -0.4 is 5.32 Å². The SMILES string of the molecule is CS(=O)(=O)c1ccccc1NC(=O)CCc1ccc(C#N)cc1. The molecule has 6 heteroatoms. The predicted octanol–water partition coefficient (Wildman–Crippen LogP) is 2.53. The van der Waals surface area contributed by atoms with Crippen molar-refractivity contribution in [3.63, 3.8) is 0 Å². The van der Waals surface area contributed by atoms with Crippen molar-refractivity contribution in [2.75, 3.05) is 11.6 Å². The Kier molecular flexibility index (Phi) is 5.14. The first-order valence-corrected chi connectivity index (χ1v) is 8.87. The molecular formula is C17H16N2O3S. The van der Waals surface area contributed by atoms with E-state index in [1.54, 1.807) is 42.5 Å². The standard InChI is InChI=1S/C17H16N2O3S/c1-23(21,22)16-5-3-2-4-15(16)19-17(20)11-10-13-6-8-14(12-18)9-7-13/h2-9H,10-11H2,1H3,(H,19,20). The Morgan fingerprint density at radius 3 is 2.39 bits per heavy atom. The number of carbonyl (C=O) groups excluding carboxylic acids is 1. The summed E-state index contributed by atoms with van der Waals surface area (Å²) in [6, 6.07) is 15.4. The van der Waals surface area contributed by atoms with Gasteiger partial charge in [-0.05, 0) is 36.2 Å². The molecule has 2 aromatic rings. The maximum absolute atomic E-state index is 12.0. The third kappa shape index (κ3) is 4.66. The highest BCUT2D eigenvalue weighted by Gasteiger charge is 2.14. The molecule has 0 aliphatic carbocycles. The summed E-state index contributed by atoms with van der Waals surface area (Å²) in [6.45, 7) is 0. The van der Waals surface area contributed by atoms with Crippen LogP contribution in [0.1, 0.15) is 17.5 Å². The van der Waals surface area contributed by atoms with Crippen LogP contribution in [0.4, 0.5) is 5.69 Å². The van der Waals surface area contributed by atoms with Gasteiger partial charge in [0.2, 0.25) is 5.91 Å². The van der Waals surface area contributed by atoms with Crippen LogP contribution in [0.2, 0.25) is 0 Å². The fraction of sp³-hybridized carbons (Fsp3) is 0.176. The van der Waals surface area contributed by atoms with Gasteiger partial charge in [0, 0.05) is 12.7 Å². The van der Waals surface area contributed by atoms with Gasteiger partial charge in [-0.2, -0.15) is 5.26 Å².